The average molecular weight is 492 g/mol. The second-order valence-corrected chi connectivity index (χ2v) is 9.87. The summed E-state index contributed by atoms with van der Waals surface area (Å²) in [6.45, 7) is 1.80. The number of carboxylic acid groups (broad SMARTS) is 1. The molecule has 2 amide bonds. The van der Waals surface area contributed by atoms with Gasteiger partial charge in [0, 0.05) is 13.0 Å². The lowest BCUT2D eigenvalue weighted by molar-refractivity contribution is -0.118. The van der Waals surface area contributed by atoms with Crippen molar-refractivity contribution >= 4 is 34.5 Å². The molecule has 0 radical (unpaired) electrons. The molecule has 8 nitrogen and oxygen atoms in total. The van der Waals surface area contributed by atoms with Gasteiger partial charge in [0.2, 0.25) is 5.91 Å². The van der Waals surface area contributed by atoms with Crippen molar-refractivity contribution < 1.29 is 24.2 Å². The lowest BCUT2D eigenvalue weighted by Crippen LogP contribution is -2.42. The van der Waals surface area contributed by atoms with Crippen LogP contribution < -0.4 is 10.2 Å². The molecule has 0 unspecified atom stereocenters. The van der Waals surface area contributed by atoms with Crippen LogP contribution in [-0.4, -0.2) is 46.6 Å². The standard InChI is InChI=1S/C26H25N3O5S/c1-15-22(24(31)32)23(35-28-15)29(2)21(30)13-26(11-12-26)27-25(33)34-14-20-18-9-5-3-7-16(18)17-8-4-6-10-19(17)20/h3-10,20H,11-14H2,1-2H3,(H,27,33)(H,31,32). The normalized spacial score (nSPS) is 15.1. The van der Waals surface area contributed by atoms with Crippen molar-refractivity contribution in [3.63, 3.8) is 0 Å². The number of nitrogens with one attached hydrogen (secondary N) is 1. The Morgan fingerprint density at radius 1 is 1.11 bits per heavy atom. The fourth-order valence-corrected chi connectivity index (χ4v) is 5.57. The monoisotopic (exact) mass is 491 g/mol. The Labute approximate surface area is 206 Å². The van der Waals surface area contributed by atoms with Crippen molar-refractivity contribution in [3.8, 4) is 11.1 Å². The largest absolute Gasteiger partial charge is 0.478 e. The second kappa shape index (κ2) is 8.81. The lowest BCUT2D eigenvalue weighted by atomic mass is 9.98. The predicted molar refractivity (Wildman–Crippen MR) is 132 cm³/mol. The van der Waals surface area contributed by atoms with E-state index in [-0.39, 0.29) is 35.4 Å². The number of aromatic carboxylic acids is 1. The molecule has 35 heavy (non-hydrogen) atoms. The summed E-state index contributed by atoms with van der Waals surface area (Å²) >= 11 is 0.975. The number of hydrogen-bond donors (Lipinski definition) is 2. The number of alkyl carbamates (subject to hydrolysis) is 1. The van der Waals surface area contributed by atoms with Gasteiger partial charge in [0.1, 0.15) is 17.2 Å². The van der Waals surface area contributed by atoms with E-state index >= 15 is 0 Å². The Bertz CT molecular complexity index is 1280. The Morgan fingerprint density at radius 2 is 1.71 bits per heavy atom. The van der Waals surface area contributed by atoms with Crippen LogP contribution in [-0.2, 0) is 9.53 Å². The van der Waals surface area contributed by atoms with Crippen LogP contribution in [0.25, 0.3) is 11.1 Å². The highest BCUT2D eigenvalue weighted by Gasteiger charge is 2.47. The third kappa shape index (κ3) is 4.27. The number of ether oxygens (including phenoxy) is 1. The Balaban J connectivity index is 1.22. The van der Waals surface area contributed by atoms with Gasteiger partial charge in [-0.25, -0.2) is 9.59 Å². The topological polar surface area (TPSA) is 109 Å². The lowest BCUT2D eigenvalue weighted by Gasteiger charge is -2.22. The number of amides is 2. The van der Waals surface area contributed by atoms with Gasteiger partial charge in [-0.15, -0.1) is 0 Å². The Hall–Kier alpha value is -3.72. The van der Waals surface area contributed by atoms with Crippen LogP contribution in [0.4, 0.5) is 9.80 Å². The van der Waals surface area contributed by atoms with E-state index in [4.69, 9.17) is 4.74 Å². The molecule has 1 saturated carbocycles. The first kappa shape index (κ1) is 23.0. The van der Waals surface area contributed by atoms with E-state index in [1.165, 1.54) is 11.9 Å². The number of rotatable bonds is 7. The molecule has 3 aromatic rings. The molecule has 1 heterocycles. The van der Waals surface area contributed by atoms with E-state index in [9.17, 15) is 19.5 Å². The number of benzene rings is 2. The molecule has 0 aliphatic heterocycles. The van der Waals surface area contributed by atoms with Gasteiger partial charge >= 0.3 is 12.1 Å². The zero-order valence-corrected chi connectivity index (χ0v) is 20.2. The third-order valence-corrected chi connectivity index (χ3v) is 7.81. The minimum Gasteiger partial charge on any atom is -0.478 e. The molecule has 1 fully saturated rings. The van der Waals surface area contributed by atoms with Crippen molar-refractivity contribution in [2.24, 2.45) is 0 Å². The molecule has 5 rings (SSSR count). The van der Waals surface area contributed by atoms with Gasteiger partial charge < -0.3 is 20.1 Å². The number of anilines is 1. The highest BCUT2D eigenvalue weighted by Crippen LogP contribution is 2.45. The van der Waals surface area contributed by atoms with Gasteiger partial charge in [-0.1, -0.05) is 48.5 Å². The molecule has 9 heteroatoms. The number of carbonyl (C=O) groups excluding carboxylic acids is 2. The number of nitrogens with zero attached hydrogens (tertiary/aromatic N) is 2. The molecule has 0 saturated heterocycles. The molecule has 2 aromatic carbocycles. The minimum absolute atomic E-state index is 0.0280. The van der Waals surface area contributed by atoms with Gasteiger partial charge in [-0.2, -0.15) is 4.37 Å². The summed E-state index contributed by atoms with van der Waals surface area (Å²) in [5.74, 6) is -1.45. The number of aryl methyl sites for hydroxylation is 1. The summed E-state index contributed by atoms with van der Waals surface area (Å²) in [6, 6.07) is 16.3. The summed E-state index contributed by atoms with van der Waals surface area (Å²) in [5.41, 5.74) is 4.31. The quantitative estimate of drug-likeness (QED) is 0.501. The Morgan fingerprint density at radius 3 is 2.29 bits per heavy atom. The van der Waals surface area contributed by atoms with Crippen LogP contribution in [0, 0.1) is 6.92 Å². The van der Waals surface area contributed by atoms with Crippen LogP contribution in [0.5, 0.6) is 0 Å². The molecule has 0 spiro atoms. The predicted octanol–water partition coefficient (Wildman–Crippen LogP) is 4.57. The Kier molecular flexibility index (Phi) is 5.80. The second-order valence-electron chi connectivity index (χ2n) is 9.11. The third-order valence-electron chi connectivity index (χ3n) is 6.79. The first-order valence-corrected chi connectivity index (χ1v) is 12.2. The number of aromatic nitrogens is 1. The van der Waals surface area contributed by atoms with Crippen molar-refractivity contribution in [2.75, 3.05) is 18.6 Å². The first-order valence-electron chi connectivity index (χ1n) is 11.4. The van der Waals surface area contributed by atoms with Crippen molar-refractivity contribution in [2.45, 2.75) is 37.6 Å². The van der Waals surface area contributed by atoms with Gasteiger partial charge in [-0.05, 0) is 53.6 Å². The number of carbonyl (C=O) groups is 3. The maximum absolute atomic E-state index is 12.9. The van der Waals surface area contributed by atoms with Crippen LogP contribution in [0.1, 0.15) is 52.4 Å². The van der Waals surface area contributed by atoms with E-state index in [2.05, 4.69) is 34.0 Å². The van der Waals surface area contributed by atoms with Crippen molar-refractivity contribution in [1.29, 1.82) is 0 Å². The highest BCUT2D eigenvalue weighted by atomic mass is 32.1. The van der Waals surface area contributed by atoms with E-state index in [0.29, 0.717) is 18.5 Å². The summed E-state index contributed by atoms with van der Waals surface area (Å²) in [7, 11) is 1.53. The summed E-state index contributed by atoms with van der Waals surface area (Å²) in [4.78, 5) is 38.5. The van der Waals surface area contributed by atoms with Crippen molar-refractivity contribution in [3.05, 3.63) is 70.9 Å². The van der Waals surface area contributed by atoms with Crippen LogP contribution in [0.2, 0.25) is 0 Å². The van der Waals surface area contributed by atoms with Crippen LogP contribution in [0.3, 0.4) is 0 Å². The fourth-order valence-electron chi connectivity index (χ4n) is 4.70. The average Bonchev–Trinajstić information content (AvgIpc) is 3.34. The number of fused-ring (bicyclic) bond motifs is 3. The maximum atomic E-state index is 12.9. The van der Waals surface area contributed by atoms with E-state index < -0.39 is 17.6 Å². The van der Waals surface area contributed by atoms with E-state index in [0.717, 1.165) is 33.8 Å². The molecule has 180 valence electrons. The molecular formula is C26H25N3O5S. The molecule has 1 aromatic heterocycles. The van der Waals surface area contributed by atoms with Gasteiger partial charge in [-0.3, -0.25) is 4.79 Å². The van der Waals surface area contributed by atoms with E-state index in [1.54, 1.807) is 6.92 Å². The molecule has 0 atom stereocenters. The maximum Gasteiger partial charge on any atom is 0.407 e. The molecular weight excluding hydrogens is 466 g/mol. The molecule has 2 aliphatic carbocycles. The fraction of sp³-hybridized carbons (Fsp3) is 0.308. The molecule has 2 N–H and O–H groups in total. The summed E-state index contributed by atoms with van der Waals surface area (Å²) in [6.07, 6.45) is 0.817. The number of carboxylic acids is 1. The number of hydrogen-bond acceptors (Lipinski definition) is 6. The van der Waals surface area contributed by atoms with Crippen LogP contribution in [0.15, 0.2) is 48.5 Å². The van der Waals surface area contributed by atoms with Crippen molar-refractivity contribution in [1.82, 2.24) is 9.69 Å². The SMILES string of the molecule is Cc1nsc(N(C)C(=O)CC2(NC(=O)OCC3c4ccccc4-c4ccccc43)CC2)c1C(=O)O. The molecule has 2 aliphatic rings. The smallest absolute Gasteiger partial charge is 0.407 e. The molecule has 0 bridgehead atoms. The van der Waals surface area contributed by atoms with E-state index in [1.807, 2.05) is 24.3 Å². The van der Waals surface area contributed by atoms with Gasteiger partial charge in [0.25, 0.3) is 0 Å². The zero-order valence-electron chi connectivity index (χ0n) is 19.4. The summed E-state index contributed by atoms with van der Waals surface area (Å²) < 4.78 is 9.71. The van der Waals surface area contributed by atoms with Gasteiger partial charge in [0.05, 0.1) is 17.7 Å². The van der Waals surface area contributed by atoms with Crippen LogP contribution >= 0.6 is 11.5 Å². The zero-order chi connectivity index (χ0) is 24.7. The van der Waals surface area contributed by atoms with Gasteiger partial charge in [0.15, 0.2) is 0 Å². The highest BCUT2D eigenvalue weighted by molar-refractivity contribution is 7.11. The minimum atomic E-state index is -1.12. The first-order chi connectivity index (χ1) is 16.8. The summed E-state index contributed by atoms with van der Waals surface area (Å²) in [5, 5.41) is 12.6.